The maximum atomic E-state index is 13.0. The van der Waals surface area contributed by atoms with E-state index >= 15 is 0 Å². The number of alkyl halides is 3. The third kappa shape index (κ3) is 2.87. The van der Waals surface area contributed by atoms with E-state index in [1.807, 2.05) is 0 Å². The van der Waals surface area contributed by atoms with Crippen molar-refractivity contribution in [2.45, 2.75) is 12.7 Å². The first-order valence-electron chi connectivity index (χ1n) is 5.72. The number of carbonyl (C=O) groups is 1. The number of hydrogen-bond acceptors (Lipinski definition) is 3. The van der Waals surface area contributed by atoms with Gasteiger partial charge < -0.3 is 15.4 Å². The Morgan fingerprint density at radius 3 is 2.68 bits per heavy atom. The molecule has 104 valence electrons. The fourth-order valence-corrected chi connectivity index (χ4v) is 1.95. The molecule has 0 aromatic heterocycles. The lowest BCUT2D eigenvalue weighted by atomic mass is 10.1. The molecule has 0 bridgehead atoms. The van der Waals surface area contributed by atoms with Crippen LogP contribution in [0.25, 0.3) is 0 Å². The van der Waals surface area contributed by atoms with Gasteiger partial charge in [0.25, 0.3) is 5.91 Å². The maximum Gasteiger partial charge on any atom is 0.418 e. The summed E-state index contributed by atoms with van der Waals surface area (Å²) < 4.78 is 44.0. The van der Waals surface area contributed by atoms with E-state index in [9.17, 15) is 18.0 Å². The van der Waals surface area contributed by atoms with Crippen molar-refractivity contribution in [2.75, 3.05) is 24.7 Å². The van der Waals surface area contributed by atoms with Crippen molar-refractivity contribution in [3.63, 3.8) is 0 Å². The minimum absolute atomic E-state index is 0.0143. The molecule has 1 aliphatic heterocycles. The molecule has 0 atom stereocenters. The summed E-state index contributed by atoms with van der Waals surface area (Å²) in [5.74, 6) is -0.475. The molecular weight excluding hydrogens is 261 g/mol. The Balaban J connectivity index is 2.46. The van der Waals surface area contributed by atoms with Crippen LogP contribution < -0.4 is 10.6 Å². The van der Waals surface area contributed by atoms with Gasteiger partial charge in [0.1, 0.15) is 6.61 Å². The van der Waals surface area contributed by atoms with E-state index in [-0.39, 0.29) is 32.0 Å². The molecule has 0 aliphatic carbocycles. The standard InChI is InChI=1S/C12H13F3N2O2/c13-12(14,15)9-5-8(6-16)1-2-10(9)17-3-4-19-7-11(17)18/h1-2,5H,3-4,6-7,16H2. The van der Waals surface area contributed by atoms with Crippen LogP contribution in [0.5, 0.6) is 0 Å². The van der Waals surface area contributed by atoms with E-state index in [4.69, 9.17) is 10.5 Å². The Kier molecular flexibility index (Phi) is 3.77. The highest BCUT2D eigenvalue weighted by molar-refractivity contribution is 5.95. The molecule has 1 aliphatic rings. The van der Waals surface area contributed by atoms with Crippen LogP contribution >= 0.6 is 0 Å². The van der Waals surface area contributed by atoms with Gasteiger partial charge >= 0.3 is 6.18 Å². The lowest BCUT2D eigenvalue weighted by molar-refractivity contribution is -0.137. The van der Waals surface area contributed by atoms with Crippen molar-refractivity contribution in [2.24, 2.45) is 5.73 Å². The topological polar surface area (TPSA) is 55.6 Å². The van der Waals surface area contributed by atoms with Gasteiger partial charge in [-0.1, -0.05) is 6.07 Å². The average molecular weight is 274 g/mol. The Morgan fingerprint density at radius 2 is 2.11 bits per heavy atom. The number of nitrogens with two attached hydrogens (primary N) is 1. The summed E-state index contributed by atoms with van der Waals surface area (Å²) in [6, 6.07) is 3.76. The van der Waals surface area contributed by atoms with Crippen molar-refractivity contribution in [1.29, 1.82) is 0 Å². The van der Waals surface area contributed by atoms with Crippen LogP contribution in [0.15, 0.2) is 18.2 Å². The second-order valence-corrected chi connectivity index (χ2v) is 4.15. The predicted octanol–water partition coefficient (Wildman–Crippen LogP) is 1.53. The third-order valence-corrected chi connectivity index (χ3v) is 2.88. The molecule has 0 unspecified atom stereocenters. The monoisotopic (exact) mass is 274 g/mol. The number of halogens is 3. The van der Waals surface area contributed by atoms with Gasteiger partial charge in [0, 0.05) is 13.1 Å². The van der Waals surface area contributed by atoms with Crippen LogP contribution in [0, 0.1) is 0 Å². The number of amides is 1. The zero-order chi connectivity index (χ0) is 14.0. The highest BCUT2D eigenvalue weighted by atomic mass is 19.4. The van der Waals surface area contributed by atoms with Gasteiger partial charge in [0.15, 0.2) is 0 Å². The molecule has 0 radical (unpaired) electrons. The molecule has 1 heterocycles. The lowest BCUT2D eigenvalue weighted by Gasteiger charge is -2.29. The second-order valence-electron chi connectivity index (χ2n) is 4.15. The molecule has 0 spiro atoms. The number of hydrogen-bond donors (Lipinski definition) is 1. The van der Waals surface area contributed by atoms with E-state index in [1.54, 1.807) is 0 Å². The number of ether oxygens (including phenoxy) is 1. The van der Waals surface area contributed by atoms with Gasteiger partial charge in [-0.2, -0.15) is 13.2 Å². The summed E-state index contributed by atoms with van der Waals surface area (Å²) in [5.41, 5.74) is 4.74. The van der Waals surface area contributed by atoms with Crippen LogP contribution in [0.4, 0.5) is 18.9 Å². The van der Waals surface area contributed by atoms with Crippen LogP contribution in [-0.4, -0.2) is 25.7 Å². The molecule has 2 N–H and O–H groups in total. The van der Waals surface area contributed by atoms with Gasteiger partial charge in [-0.05, 0) is 17.7 Å². The smallest absolute Gasteiger partial charge is 0.370 e. The van der Waals surface area contributed by atoms with E-state index in [2.05, 4.69) is 0 Å². The Morgan fingerprint density at radius 1 is 1.37 bits per heavy atom. The van der Waals surface area contributed by atoms with E-state index in [0.29, 0.717) is 5.56 Å². The van der Waals surface area contributed by atoms with E-state index in [1.165, 1.54) is 12.1 Å². The number of morpholine rings is 1. The van der Waals surface area contributed by atoms with E-state index < -0.39 is 17.6 Å². The SMILES string of the molecule is NCc1ccc(N2CCOCC2=O)c(C(F)(F)F)c1. The summed E-state index contributed by atoms with van der Waals surface area (Å²) in [4.78, 5) is 12.7. The molecule has 19 heavy (non-hydrogen) atoms. The molecule has 7 heteroatoms. The van der Waals surface area contributed by atoms with Gasteiger partial charge in [-0.15, -0.1) is 0 Å². The van der Waals surface area contributed by atoms with Crippen molar-refractivity contribution in [1.82, 2.24) is 0 Å². The van der Waals surface area contributed by atoms with Gasteiger partial charge in [-0.25, -0.2) is 0 Å². The Hall–Kier alpha value is -1.60. The molecule has 1 aromatic carbocycles. The Labute approximate surface area is 107 Å². The molecule has 2 rings (SSSR count). The molecule has 0 saturated carbocycles. The normalized spacial score (nSPS) is 16.8. The molecular formula is C12H13F3N2O2. The van der Waals surface area contributed by atoms with Crippen molar-refractivity contribution >= 4 is 11.6 Å². The van der Waals surface area contributed by atoms with Crippen molar-refractivity contribution < 1.29 is 22.7 Å². The van der Waals surface area contributed by atoms with E-state index in [0.717, 1.165) is 11.0 Å². The zero-order valence-electron chi connectivity index (χ0n) is 10.0. The summed E-state index contributed by atoms with van der Waals surface area (Å²) >= 11 is 0. The van der Waals surface area contributed by atoms with Crippen molar-refractivity contribution in [3.05, 3.63) is 29.3 Å². The van der Waals surface area contributed by atoms with Crippen LogP contribution in [0.1, 0.15) is 11.1 Å². The summed E-state index contributed by atoms with van der Waals surface area (Å²) in [7, 11) is 0. The van der Waals surface area contributed by atoms with Crippen LogP contribution in [-0.2, 0) is 22.3 Å². The number of anilines is 1. The number of benzene rings is 1. The third-order valence-electron chi connectivity index (χ3n) is 2.88. The number of rotatable bonds is 2. The highest BCUT2D eigenvalue weighted by Crippen LogP contribution is 2.37. The highest BCUT2D eigenvalue weighted by Gasteiger charge is 2.36. The molecule has 1 saturated heterocycles. The van der Waals surface area contributed by atoms with Crippen LogP contribution in [0.2, 0.25) is 0 Å². The van der Waals surface area contributed by atoms with Crippen LogP contribution in [0.3, 0.4) is 0 Å². The second kappa shape index (κ2) is 5.18. The summed E-state index contributed by atoms with van der Waals surface area (Å²) in [6.07, 6.45) is -4.53. The maximum absolute atomic E-state index is 13.0. The zero-order valence-corrected chi connectivity index (χ0v) is 10.0. The lowest BCUT2D eigenvalue weighted by Crippen LogP contribution is -2.42. The minimum Gasteiger partial charge on any atom is -0.370 e. The molecule has 1 aromatic rings. The van der Waals surface area contributed by atoms with Crippen molar-refractivity contribution in [3.8, 4) is 0 Å². The first-order chi connectivity index (χ1) is 8.93. The van der Waals surface area contributed by atoms with Gasteiger partial charge in [-0.3, -0.25) is 4.79 Å². The largest absolute Gasteiger partial charge is 0.418 e. The van der Waals surface area contributed by atoms with Gasteiger partial charge in [0.05, 0.1) is 17.9 Å². The number of carbonyl (C=O) groups excluding carboxylic acids is 1. The molecule has 1 fully saturated rings. The van der Waals surface area contributed by atoms with Gasteiger partial charge in [0.2, 0.25) is 0 Å². The average Bonchev–Trinajstić information content (AvgIpc) is 2.38. The minimum atomic E-state index is -4.53. The molecule has 4 nitrogen and oxygen atoms in total. The fraction of sp³-hybridized carbons (Fsp3) is 0.417. The fourth-order valence-electron chi connectivity index (χ4n) is 1.95. The first kappa shape index (κ1) is 13.8. The summed E-state index contributed by atoms with van der Waals surface area (Å²) in [5, 5.41) is 0. The summed E-state index contributed by atoms with van der Waals surface area (Å²) in [6.45, 7) is 0.155. The number of nitrogens with zero attached hydrogens (tertiary/aromatic N) is 1. The quantitative estimate of drug-likeness (QED) is 0.889. The molecule has 1 amide bonds. The Bertz CT molecular complexity index is 488. The predicted molar refractivity (Wildman–Crippen MR) is 62.5 cm³/mol. The first-order valence-corrected chi connectivity index (χ1v) is 5.72.